The van der Waals surface area contributed by atoms with Crippen LogP contribution in [0.2, 0.25) is 0 Å². The summed E-state index contributed by atoms with van der Waals surface area (Å²) in [6, 6.07) is 0. The first-order chi connectivity index (χ1) is 6.00. The molecule has 0 aromatic carbocycles. The maximum atomic E-state index is 3.77. The molecule has 0 atom stereocenters. The average molecular weight is 168 g/mol. The van der Waals surface area contributed by atoms with E-state index in [1.807, 2.05) is 0 Å². The van der Waals surface area contributed by atoms with Crippen molar-refractivity contribution in [3.63, 3.8) is 0 Å². The highest BCUT2D eigenvalue weighted by Gasteiger charge is 1.89. The van der Waals surface area contributed by atoms with Crippen LogP contribution in [0.5, 0.6) is 0 Å². The van der Waals surface area contributed by atoms with E-state index in [4.69, 9.17) is 0 Å². The molecule has 0 aromatic rings. The molecule has 0 aliphatic carbocycles. The molecule has 1 rings (SSSR count). The van der Waals surface area contributed by atoms with Crippen LogP contribution in [0.3, 0.4) is 0 Å². The van der Waals surface area contributed by atoms with Crippen molar-refractivity contribution in [3.8, 4) is 0 Å². The highest BCUT2D eigenvalue weighted by atomic mass is 15.6. The summed E-state index contributed by atoms with van der Waals surface area (Å²) in [6.45, 7) is 1.46. The summed E-state index contributed by atoms with van der Waals surface area (Å²) < 4.78 is 0. The van der Waals surface area contributed by atoms with E-state index < -0.39 is 0 Å². The maximum absolute atomic E-state index is 3.77. The van der Waals surface area contributed by atoms with Gasteiger partial charge in [0.25, 0.3) is 0 Å². The van der Waals surface area contributed by atoms with Crippen LogP contribution in [0.1, 0.15) is 25.7 Å². The van der Waals surface area contributed by atoms with Crippen molar-refractivity contribution in [2.45, 2.75) is 25.7 Å². The predicted molar refractivity (Wildman–Crippen MR) is 42.8 cm³/mol. The summed E-state index contributed by atoms with van der Waals surface area (Å²) in [4.78, 5) is 0. The van der Waals surface area contributed by atoms with Crippen LogP contribution in [0.4, 0.5) is 0 Å². The van der Waals surface area contributed by atoms with Crippen LogP contribution in [0.25, 0.3) is 0 Å². The monoisotopic (exact) mass is 168 g/mol. The summed E-state index contributed by atoms with van der Waals surface area (Å²) in [6.07, 6.45) is 4.48. The molecule has 0 fully saturated rings. The first kappa shape index (κ1) is 8.89. The van der Waals surface area contributed by atoms with E-state index in [1.54, 1.807) is 0 Å². The molecule has 1 aliphatic rings. The van der Waals surface area contributed by atoms with Crippen molar-refractivity contribution < 1.29 is 0 Å². The summed E-state index contributed by atoms with van der Waals surface area (Å²) in [5, 5.41) is 21.1. The molecule has 0 saturated heterocycles. The number of hydrogen-bond donors (Lipinski definition) is 0. The quantitative estimate of drug-likeness (QED) is 0.533. The molecule has 1 aliphatic heterocycles. The van der Waals surface area contributed by atoms with Crippen LogP contribution in [-0.4, -0.2) is 13.1 Å². The molecule has 0 spiro atoms. The van der Waals surface area contributed by atoms with Crippen LogP contribution < -0.4 is 0 Å². The molecule has 66 valence electrons. The lowest BCUT2D eigenvalue weighted by atomic mass is 10.2. The molecule has 0 saturated carbocycles. The van der Waals surface area contributed by atoms with Crippen molar-refractivity contribution in [1.82, 2.24) is 0 Å². The molecule has 0 unspecified atom stereocenters. The van der Waals surface area contributed by atoms with Crippen LogP contribution >= 0.6 is 0 Å². The molecule has 0 bridgehead atoms. The zero-order chi connectivity index (χ0) is 8.49. The first-order valence-electron chi connectivity index (χ1n) is 4.13. The lowest BCUT2D eigenvalue weighted by Gasteiger charge is -1.95. The average Bonchev–Trinajstić information content (AvgIpc) is 2.05. The van der Waals surface area contributed by atoms with Crippen molar-refractivity contribution in [2.24, 2.45) is 31.1 Å². The molecular weight excluding hydrogens is 156 g/mol. The molecule has 0 N–H and O–H groups in total. The van der Waals surface area contributed by atoms with Gasteiger partial charge in [0, 0.05) is 0 Å². The molecule has 0 amide bonds. The van der Waals surface area contributed by atoms with Gasteiger partial charge >= 0.3 is 0 Å². The largest absolute Gasteiger partial charge is 0.167 e. The van der Waals surface area contributed by atoms with E-state index in [-0.39, 0.29) is 0 Å². The lowest BCUT2D eigenvalue weighted by molar-refractivity contribution is 0.621. The van der Waals surface area contributed by atoms with Crippen molar-refractivity contribution in [1.29, 1.82) is 0 Å². The Hall–Kier alpha value is -1.20. The minimum absolute atomic E-state index is 0.732. The fourth-order valence-electron chi connectivity index (χ4n) is 0.900. The van der Waals surface area contributed by atoms with E-state index in [1.165, 1.54) is 12.8 Å². The van der Waals surface area contributed by atoms with Gasteiger partial charge in [-0.2, -0.15) is 10.2 Å². The minimum Gasteiger partial charge on any atom is -0.167 e. The summed E-state index contributed by atoms with van der Waals surface area (Å²) in [5.74, 6) is 0. The Morgan fingerprint density at radius 2 is 1.00 bits per heavy atom. The van der Waals surface area contributed by atoms with Gasteiger partial charge in [0.15, 0.2) is 0 Å². The van der Waals surface area contributed by atoms with E-state index in [9.17, 15) is 0 Å². The molecular formula is C6H12N6. The van der Waals surface area contributed by atoms with Crippen molar-refractivity contribution in [2.75, 3.05) is 13.1 Å². The second-order valence-corrected chi connectivity index (χ2v) is 2.50. The molecule has 1 heterocycles. The maximum Gasteiger partial charge on any atom is 0.0621 e. The second kappa shape index (κ2) is 6.51. The third-order valence-electron chi connectivity index (χ3n) is 1.51. The Bertz CT molecular complexity index is 164. The Balaban J connectivity index is 2.32. The molecule has 12 heavy (non-hydrogen) atoms. The van der Waals surface area contributed by atoms with Crippen LogP contribution in [-0.2, 0) is 0 Å². The second-order valence-electron chi connectivity index (χ2n) is 2.50. The lowest BCUT2D eigenvalue weighted by Crippen LogP contribution is -1.84. The molecule has 6 nitrogen and oxygen atoms in total. The molecule has 0 aromatic heterocycles. The Morgan fingerprint density at radius 1 is 0.500 bits per heavy atom. The summed E-state index contributed by atoms with van der Waals surface area (Å²) >= 11 is 0. The van der Waals surface area contributed by atoms with E-state index in [0.29, 0.717) is 0 Å². The summed E-state index contributed by atoms with van der Waals surface area (Å²) in [7, 11) is 0. The highest BCUT2D eigenvalue weighted by molar-refractivity contribution is 4.47. The number of nitrogens with zero attached hydrogens (tertiary/aromatic N) is 6. The van der Waals surface area contributed by atoms with Gasteiger partial charge in [-0.05, 0) is 33.7 Å². The highest BCUT2D eigenvalue weighted by Crippen LogP contribution is 2.01. The SMILES string of the molecule is C1CCC/N=N/N=N\N=N\CC1. The third kappa shape index (κ3) is 4.59. The standard InChI is InChI=1S/C6H12N6/c1-2-4-6-8-10-12-11-9-7-5-3-1/h1-6H2/b9-7+,10-8+,12-11-. The fraction of sp³-hybridized carbons (Fsp3) is 1.00. The van der Waals surface area contributed by atoms with Gasteiger partial charge < -0.3 is 0 Å². The van der Waals surface area contributed by atoms with Gasteiger partial charge in [0.05, 0.1) is 13.1 Å². The van der Waals surface area contributed by atoms with Crippen LogP contribution in [0, 0.1) is 0 Å². The van der Waals surface area contributed by atoms with Gasteiger partial charge in [0.2, 0.25) is 0 Å². The Morgan fingerprint density at radius 3 is 1.50 bits per heavy atom. The predicted octanol–water partition coefficient (Wildman–Crippen LogP) is 2.75. The van der Waals surface area contributed by atoms with Crippen molar-refractivity contribution in [3.05, 3.63) is 0 Å². The van der Waals surface area contributed by atoms with E-state index in [0.717, 1.165) is 25.9 Å². The van der Waals surface area contributed by atoms with Gasteiger partial charge in [-0.25, -0.2) is 0 Å². The first-order valence-corrected chi connectivity index (χ1v) is 4.13. The minimum atomic E-state index is 0.732. The Kier molecular flexibility index (Phi) is 4.82. The van der Waals surface area contributed by atoms with Gasteiger partial charge in [-0.3, -0.25) is 0 Å². The van der Waals surface area contributed by atoms with Gasteiger partial charge in [-0.1, -0.05) is 12.8 Å². The van der Waals surface area contributed by atoms with Gasteiger partial charge in [-0.15, -0.1) is 0 Å². The fourth-order valence-corrected chi connectivity index (χ4v) is 0.900. The molecule has 6 heteroatoms. The number of rotatable bonds is 0. The summed E-state index contributed by atoms with van der Waals surface area (Å²) in [5.41, 5.74) is 0. The van der Waals surface area contributed by atoms with Crippen LogP contribution in [0.15, 0.2) is 31.1 Å². The third-order valence-corrected chi connectivity index (χ3v) is 1.51. The zero-order valence-corrected chi connectivity index (χ0v) is 6.93. The van der Waals surface area contributed by atoms with E-state index in [2.05, 4.69) is 31.1 Å². The molecule has 0 radical (unpaired) electrons. The normalized spacial score (nSPS) is 28.0. The Labute approximate surface area is 70.8 Å². The zero-order valence-electron chi connectivity index (χ0n) is 6.93. The van der Waals surface area contributed by atoms with Crippen molar-refractivity contribution >= 4 is 0 Å². The van der Waals surface area contributed by atoms with E-state index >= 15 is 0 Å². The smallest absolute Gasteiger partial charge is 0.0621 e. The van der Waals surface area contributed by atoms with Gasteiger partial charge in [0.1, 0.15) is 0 Å². The topological polar surface area (TPSA) is 74.2 Å². The number of hydrogen-bond acceptors (Lipinski definition) is 6.